The number of piperidine rings is 1. The average Bonchev–Trinajstić information content (AvgIpc) is 2.43. The van der Waals surface area contributed by atoms with Crippen molar-refractivity contribution in [2.45, 2.75) is 12.8 Å². The van der Waals surface area contributed by atoms with Crippen LogP contribution in [0.15, 0.2) is 22.7 Å². The number of hydrogen-bond donors (Lipinski definition) is 2. The molecular formula is C13H14BrClN2O3. The molecule has 1 heterocycles. The van der Waals surface area contributed by atoms with E-state index < -0.39 is 11.9 Å². The molecule has 1 aromatic carbocycles. The quantitative estimate of drug-likeness (QED) is 0.848. The number of carbonyl (C=O) groups excluding carboxylic acids is 1. The second-order valence-corrected chi connectivity index (χ2v) is 5.94. The van der Waals surface area contributed by atoms with Gasteiger partial charge in [0.25, 0.3) is 0 Å². The van der Waals surface area contributed by atoms with Gasteiger partial charge in [-0.05, 0) is 47.0 Å². The molecule has 0 unspecified atom stereocenters. The Morgan fingerprint density at radius 3 is 2.85 bits per heavy atom. The summed E-state index contributed by atoms with van der Waals surface area (Å²) >= 11 is 9.23. The predicted molar refractivity (Wildman–Crippen MR) is 80.1 cm³/mol. The molecule has 5 nitrogen and oxygen atoms in total. The second-order valence-electron chi connectivity index (χ2n) is 4.68. The number of nitrogens with zero attached hydrogens (tertiary/aromatic N) is 1. The number of carboxylic acid groups (broad SMARTS) is 1. The molecule has 1 fully saturated rings. The number of halogens is 2. The van der Waals surface area contributed by atoms with Gasteiger partial charge in [-0.25, -0.2) is 4.79 Å². The van der Waals surface area contributed by atoms with Gasteiger partial charge in [0.05, 0.1) is 10.9 Å². The lowest BCUT2D eigenvalue weighted by atomic mass is 9.99. The molecule has 2 N–H and O–H groups in total. The number of anilines is 1. The van der Waals surface area contributed by atoms with Crippen LogP contribution in [0.1, 0.15) is 12.8 Å². The zero-order valence-corrected chi connectivity index (χ0v) is 12.9. The van der Waals surface area contributed by atoms with Crippen LogP contribution in [0, 0.1) is 5.92 Å². The minimum absolute atomic E-state index is 0.241. The maximum absolute atomic E-state index is 12.1. The largest absolute Gasteiger partial charge is 0.481 e. The van der Waals surface area contributed by atoms with Crippen molar-refractivity contribution in [2.24, 2.45) is 5.92 Å². The van der Waals surface area contributed by atoms with Crippen LogP contribution < -0.4 is 5.32 Å². The number of hydrogen-bond acceptors (Lipinski definition) is 2. The molecule has 20 heavy (non-hydrogen) atoms. The van der Waals surface area contributed by atoms with Crippen LogP contribution in [0.2, 0.25) is 5.02 Å². The number of benzene rings is 1. The number of likely N-dealkylation sites (tertiary alicyclic amines) is 1. The Kier molecular flexibility index (Phi) is 4.88. The van der Waals surface area contributed by atoms with Crippen molar-refractivity contribution in [2.75, 3.05) is 18.4 Å². The lowest BCUT2D eigenvalue weighted by Crippen LogP contribution is -2.44. The molecule has 2 amide bonds. The molecule has 0 radical (unpaired) electrons. The van der Waals surface area contributed by atoms with E-state index in [0.717, 1.165) is 4.47 Å². The highest BCUT2D eigenvalue weighted by Crippen LogP contribution is 2.26. The van der Waals surface area contributed by atoms with Gasteiger partial charge in [0.15, 0.2) is 0 Å². The van der Waals surface area contributed by atoms with E-state index in [1.54, 1.807) is 18.2 Å². The van der Waals surface area contributed by atoms with Crippen molar-refractivity contribution < 1.29 is 14.7 Å². The topological polar surface area (TPSA) is 69.6 Å². The normalized spacial score (nSPS) is 18.7. The molecule has 0 spiro atoms. The Balaban J connectivity index is 2.00. The molecular weight excluding hydrogens is 348 g/mol. The fourth-order valence-corrected chi connectivity index (χ4v) is 2.57. The number of urea groups is 1. The summed E-state index contributed by atoms with van der Waals surface area (Å²) in [5.41, 5.74) is 0.584. The van der Waals surface area contributed by atoms with Crippen LogP contribution in [0.3, 0.4) is 0 Å². The van der Waals surface area contributed by atoms with Gasteiger partial charge in [-0.15, -0.1) is 0 Å². The van der Waals surface area contributed by atoms with Crippen LogP contribution in [0.4, 0.5) is 10.5 Å². The van der Waals surface area contributed by atoms with Gasteiger partial charge in [-0.2, -0.15) is 0 Å². The predicted octanol–water partition coefficient (Wildman–Crippen LogP) is 3.43. The first kappa shape index (κ1) is 15.1. The third-order valence-electron chi connectivity index (χ3n) is 3.23. The lowest BCUT2D eigenvalue weighted by molar-refractivity contribution is -0.143. The van der Waals surface area contributed by atoms with Gasteiger partial charge in [-0.1, -0.05) is 11.6 Å². The van der Waals surface area contributed by atoms with Crippen molar-refractivity contribution in [1.82, 2.24) is 4.90 Å². The van der Waals surface area contributed by atoms with Crippen LogP contribution in [-0.2, 0) is 4.79 Å². The van der Waals surface area contributed by atoms with Gasteiger partial charge in [0, 0.05) is 23.2 Å². The summed E-state index contributed by atoms with van der Waals surface area (Å²) in [4.78, 5) is 24.6. The molecule has 7 heteroatoms. The highest BCUT2D eigenvalue weighted by molar-refractivity contribution is 9.10. The van der Waals surface area contributed by atoms with E-state index in [4.69, 9.17) is 16.7 Å². The monoisotopic (exact) mass is 360 g/mol. The number of amides is 2. The molecule has 1 saturated heterocycles. The van der Waals surface area contributed by atoms with Crippen molar-refractivity contribution in [1.29, 1.82) is 0 Å². The number of rotatable bonds is 2. The Hall–Kier alpha value is -1.27. The molecule has 108 valence electrons. The molecule has 0 aliphatic carbocycles. The van der Waals surface area contributed by atoms with Crippen molar-refractivity contribution in [3.05, 3.63) is 27.7 Å². The smallest absolute Gasteiger partial charge is 0.321 e. The highest BCUT2D eigenvalue weighted by Gasteiger charge is 2.28. The van der Waals surface area contributed by atoms with Gasteiger partial charge >= 0.3 is 12.0 Å². The summed E-state index contributed by atoms with van der Waals surface area (Å²) < 4.78 is 0.751. The van der Waals surface area contributed by atoms with Crippen LogP contribution >= 0.6 is 27.5 Å². The number of nitrogens with one attached hydrogen (secondary N) is 1. The van der Waals surface area contributed by atoms with E-state index in [9.17, 15) is 9.59 Å². The van der Waals surface area contributed by atoms with Gasteiger partial charge in [0.2, 0.25) is 0 Å². The Morgan fingerprint density at radius 2 is 2.20 bits per heavy atom. The summed E-state index contributed by atoms with van der Waals surface area (Å²) in [7, 11) is 0. The van der Waals surface area contributed by atoms with Crippen LogP contribution in [-0.4, -0.2) is 35.1 Å². The van der Waals surface area contributed by atoms with Gasteiger partial charge in [0.1, 0.15) is 0 Å². The number of aliphatic carboxylic acids is 1. The van der Waals surface area contributed by atoms with E-state index in [1.165, 1.54) is 4.90 Å². The summed E-state index contributed by atoms with van der Waals surface area (Å²) in [6.07, 6.45) is 1.31. The van der Waals surface area contributed by atoms with Crippen LogP contribution in [0.25, 0.3) is 0 Å². The highest BCUT2D eigenvalue weighted by atomic mass is 79.9. The Morgan fingerprint density at radius 1 is 1.45 bits per heavy atom. The van der Waals surface area contributed by atoms with E-state index in [0.29, 0.717) is 30.1 Å². The first-order valence-corrected chi connectivity index (χ1v) is 7.38. The third kappa shape index (κ3) is 3.64. The summed E-state index contributed by atoms with van der Waals surface area (Å²) in [5.74, 6) is -1.34. The zero-order valence-electron chi connectivity index (χ0n) is 10.6. The number of carbonyl (C=O) groups is 2. The molecule has 0 aromatic heterocycles. The van der Waals surface area contributed by atoms with E-state index in [-0.39, 0.29) is 12.6 Å². The fraction of sp³-hybridized carbons (Fsp3) is 0.385. The molecule has 2 rings (SSSR count). The second kappa shape index (κ2) is 6.45. The molecule has 1 aromatic rings. The maximum atomic E-state index is 12.1. The SMILES string of the molecule is O=C(O)[C@H]1CCCN(C(=O)Nc2ccc(Br)c(Cl)c2)C1. The van der Waals surface area contributed by atoms with Crippen molar-refractivity contribution in [3.8, 4) is 0 Å². The van der Waals surface area contributed by atoms with Crippen molar-refractivity contribution >= 4 is 45.2 Å². The summed E-state index contributed by atoms with van der Waals surface area (Å²) in [6, 6.07) is 4.82. The first-order chi connectivity index (χ1) is 9.47. The van der Waals surface area contributed by atoms with E-state index in [2.05, 4.69) is 21.2 Å². The Bertz CT molecular complexity index is 538. The minimum Gasteiger partial charge on any atom is -0.481 e. The number of carboxylic acids is 1. The standard InChI is InChI=1S/C13H14BrClN2O3/c14-10-4-3-9(6-11(10)15)16-13(20)17-5-1-2-8(7-17)12(18)19/h3-4,6,8H,1-2,5,7H2,(H,16,20)(H,18,19)/t8-/m0/s1. The van der Waals surface area contributed by atoms with E-state index >= 15 is 0 Å². The fourth-order valence-electron chi connectivity index (χ4n) is 2.14. The third-order valence-corrected chi connectivity index (χ3v) is 4.46. The maximum Gasteiger partial charge on any atom is 0.321 e. The van der Waals surface area contributed by atoms with Crippen LogP contribution in [0.5, 0.6) is 0 Å². The molecule has 1 aliphatic rings. The summed E-state index contributed by atoms with van der Waals surface area (Å²) in [6.45, 7) is 0.811. The minimum atomic E-state index is -0.853. The molecule has 1 atom stereocenters. The first-order valence-electron chi connectivity index (χ1n) is 6.21. The molecule has 0 saturated carbocycles. The molecule has 1 aliphatic heterocycles. The molecule has 0 bridgehead atoms. The van der Waals surface area contributed by atoms with Crippen molar-refractivity contribution in [3.63, 3.8) is 0 Å². The van der Waals surface area contributed by atoms with E-state index in [1.807, 2.05) is 0 Å². The van der Waals surface area contributed by atoms with Gasteiger partial charge < -0.3 is 15.3 Å². The zero-order chi connectivity index (χ0) is 14.7. The lowest BCUT2D eigenvalue weighted by Gasteiger charge is -2.30. The Labute approximate surface area is 130 Å². The summed E-state index contributed by atoms with van der Waals surface area (Å²) in [5, 5.41) is 12.2. The average molecular weight is 362 g/mol. The van der Waals surface area contributed by atoms with Gasteiger partial charge in [-0.3, -0.25) is 4.79 Å².